The number of rotatable bonds is 9. The zero-order chi connectivity index (χ0) is 21.7. The van der Waals surface area contributed by atoms with Gasteiger partial charge in [-0.3, -0.25) is 19.3 Å². The van der Waals surface area contributed by atoms with Crippen molar-refractivity contribution in [3.8, 4) is 0 Å². The van der Waals surface area contributed by atoms with Gasteiger partial charge in [-0.05, 0) is 25.8 Å². The second kappa shape index (κ2) is 9.66. The topological polar surface area (TPSA) is 76.2 Å². The maximum Gasteiger partial charge on any atom is 0.241 e. The minimum absolute atomic E-state index is 0.0302. The van der Waals surface area contributed by atoms with Crippen molar-refractivity contribution < 1.29 is 28.2 Å². The number of hydrogen-bond donors (Lipinski definition) is 0. The molecule has 164 valence electrons. The molecule has 0 spiro atoms. The van der Waals surface area contributed by atoms with Gasteiger partial charge in [-0.1, -0.05) is 18.2 Å². The van der Waals surface area contributed by atoms with Crippen LogP contribution < -0.4 is 0 Å². The highest BCUT2D eigenvalue weighted by molar-refractivity contribution is 6.10. The van der Waals surface area contributed by atoms with Crippen LogP contribution in [0.3, 0.4) is 0 Å². The number of amides is 3. The fraction of sp³-hybridized carbons (Fsp3) is 0.591. The first-order valence-corrected chi connectivity index (χ1v) is 10.4. The first-order chi connectivity index (χ1) is 14.4. The van der Waals surface area contributed by atoms with E-state index in [0.29, 0.717) is 19.7 Å². The number of hydrogen-bond acceptors (Lipinski definition) is 5. The van der Waals surface area contributed by atoms with Crippen LogP contribution in [0.25, 0.3) is 0 Å². The summed E-state index contributed by atoms with van der Waals surface area (Å²) in [6, 6.07) is 5.88. The van der Waals surface area contributed by atoms with E-state index in [1.165, 1.54) is 25.3 Å². The molecule has 3 amide bonds. The second-order valence-corrected chi connectivity index (χ2v) is 7.83. The van der Waals surface area contributed by atoms with Gasteiger partial charge in [0.1, 0.15) is 5.82 Å². The average molecular weight is 420 g/mol. The Morgan fingerprint density at radius 1 is 1.37 bits per heavy atom. The summed E-state index contributed by atoms with van der Waals surface area (Å²) in [6.45, 7) is 3.66. The molecule has 3 rings (SSSR count). The molecule has 2 atom stereocenters. The van der Waals surface area contributed by atoms with Crippen LogP contribution in [0.5, 0.6) is 0 Å². The molecule has 2 aliphatic rings. The lowest BCUT2D eigenvalue weighted by atomic mass is 9.75. The summed E-state index contributed by atoms with van der Waals surface area (Å²) >= 11 is 0. The summed E-state index contributed by atoms with van der Waals surface area (Å²) in [5.41, 5.74) is -1.46. The van der Waals surface area contributed by atoms with Crippen molar-refractivity contribution in [2.75, 3.05) is 40.0 Å². The molecule has 0 aromatic heterocycles. The third-order valence-corrected chi connectivity index (χ3v) is 5.95. The fourth-order valence-electron chi connectivity index (χ4n) is 4.31. The van der Waals surface area contributed by atoms with Crippen LogP contribution in [0.1, 0.15) is 38.2 Å². The van der Waals surface area contributed by atoms with E-state index < -0.39 is 23.0 Å². The van der Waals surface area contributed by atoms with Crippen molar-refractivity contribution >= 4 is 17.7 Å². The van der Waals surface area contributed by atoms with Gasteiger partial charge in [-0.25, -0.2) is 4.39 Å². The van der Waals surface area contributed by atoms with Gasteiger partial charge in [-0.2, -0.15) is 0 Å². The SMILES string of the molecule is CCN(C[C@@H]1CCCO1)C(=O)C[C@]1(c2ccccc2F)CC(=O)N(CCOC)C1=O. The number of methoxy groups -OCH3 is 1. The lowest BCUT2D eigenvalue weighted by Gasteiger charge is -2.31. The molecule has 0 saturated carbocycles. The molecule has 2 heterocycles. The number of benzene rings is 1. The van der Waals surface area contributed by atoms with Crippen LogP contribution in [-0.4, -0.2) is 73.6 Å². The summed E-state index contributed by atoms with van der Waals surface area (Å²) in [5, 5.41) is 0. The van der Waals surface area contributed by atoms with E-state index in [0.717, 1.165) is 17.7 Å². The number of imide groups is 1. The lowest BCUT2D eigenvalue weighted by molar-refractivity contribution is -0.143. The number of halogens is 1. The number of carbonyl (C=O) groups excluding carboxylic acids is 3. The van der Waals surface area contributed by atoms with Crippen molar-refractivity contribution in [2.45, 2.75) is 44.1 Å². The number of ether oxygens (including phenoxy) is 2. The van der Waals surface area contributed by atoms with E-state index in [1.807, 2.05) is 6.92 Å². The zero-order valence-electron chi connectivity index (χ0n) is 17.6. The van der Waals surface area contributed by atoms with Gasteiger partial charge in [0.25, 0.3) is 0 Å². The highest BCUT2D eigenvalue weighted by Gasteiger charge is 2.55. The molecule has 2 aliphatic heterocycles. The first kappa shape index (κ1) is 22.4. The Morgan fingerprint density at radius 2 is 2.13 bits per heavy atom. The molecule has 2 fully saturated rings. The fourth-order valence-corrected chi connectivity index (χ4v) is 4.31. The van der Waals surface area contributed by atoms with Crippen LogP contribution in [-0.2, 0) is 29.3 Å². The Kier molecular flexibility index (Phi) is 7.20. The van der Waals surface area contributed by atoms with Crippen molar-refractivity contribution in [2.24, 2.45) is 0 Å². The molecule has 0 radical (unpaired) electrons. The van der Waals surface area contributed by atoms with Gasteiger partial charge in [0.05, 0.1) is 24.7 Å². The summed E-state index contributed by atoms with van der Waals surface area (Å²) in [6.07, 6.45) is 1.31. The summed E-state index contributed by atoms with van der Waals surface area (Å²) in [7, 11) is 1.48. The third-order valence-electron chi connectivity index (χ3n) is 5.95. The van der Waals surface area contributed by atoms with E-state index in [-0.39, 0.29) is 43.6 Å². The predicted molar refractivity (Wildman–Crippen MR) is 107 cm³/mol. The Balaban J connectivity index is 1.90. The van der Waals surface area contributed by atoms with Crippen LogP contribution in [0.15, 0.2) is 24.3 Å². The molecular weight excluding hydrogens is 391 g/mol. The van der Waals surface area contributed by atoms with Crippen LogP contribution in [0.2, 0.25) is 0 Å². The number of likely N-dealkylation sites (N-methyl/N-ethyl adjacent to an activating group) is 1. The monoisotopic (exact) mass is 420 g/mol. The molecule has 1 aromatic rings. The van der Waals surface area contributed by atoms with Crippen molar-refractivity contribution in [3.05, 3.63) is 35.6 Å². The van der Waals surface area contributed by atoms with E-state index >= 15 is 0 Å². The van der Waals surface area contributed by atoms with E-state index in [9.17, 15) is 18.8 Å². The van der Waals surface area contributed by atoms with Crippen LogP contribution >= 0.6 is 0 Å². The second-order valence-electron chi connectivity index (χ2n) is 7.83. The molecule has 1 aromatic carbocycles. The molecule has 7 nitrogen and oxygen atoms in total. The number of likely N-dealkylation sites (tertiary alicyclic amines) is 1. The summed E-state index contributed by atoms with van der Waals surface area (Å²) in [4.78, 5) is 42.0. The minimum Gasteiger partial charge on any atom is -0.383 e. The Labute approximate surface area is 176 Å². The highest BCUT2D eigenvalue weighted by Crippen LogP contribution is 2.41. The van der Waals surface area contributed by atoms with E-state index in [2.05, 4.69) is 0 Å². The number of carbonyl (C=O) groups is 3. The Bertz CT molecular complexity index is 795. The third kappa shape index (κ3) is 4.39. The van der Waals surface area contributed by atoms with Crippen molar-refractivity contribution in [3.63, 3.8) is 0 Å². The molecule has 0 aliphatic carbocycles. The van der Waals surface area contributed by atoms with Crippen molar-refractivity contribution in [1.29, 1.82) is 0 Å². The average Bonchev–Trinajstić information content (AvgIpc) is 3.32. The quantitative estimate of drug-likeness (QED) is 0.571. The standard InChI is InChI=1S/C22H29FN2O5/c1-3-24(15-16-7-6-11-30-16)19(26)13-22(17-8-4-5-9-18(17)23)14-20(27)25(21(22)28)10-12-29-2/h4-5,8-9,16H,3,6-7,10-15H2,1-2H3/t16-,22+/m0/s1. The number of nitrogens with zero attached hydrogens (tertiary/aromatic N) is 2. The predicted octanol–water partition coefficient (Wildman–Crippen LogP) is 1.89. The molecular formula is C22H29FN2O5. The molecule has 0 bridgehead atoms. The maximum atomic E-state index is 14.8. The maximum absolute atomic E-state index is 14.8. The molecule has 2 saturated heterocycles. The van der Waals surface area contributed by atoms with Gasteiger partial charge < -0.3 is 14.4 Å². The van der Waals surface area contributed by atoms with Gasteiger partial charge in [0.2, 0.25) is 17.7 Å². The van der Waals surface area contributed by atoms with Crippen LogP contribution in [0.4, 0.5) is 4.39 Å². The van der Waals surface area contributed by atoms with Crippen molar-refractivity contribution in [1.82, 2.24) is 9.80 Å². The molecule has 0 N–H and O–H groups in total. The Hall–Kier alpha value is -2.32. The zero-order valence-corrected chi connectivity index (χ0v) is 17.6. The van der Waals surface area contributed by atoms with Gasteiger partial charge in [0.15, 0.2) is 0 Å². The van der Waals surface area contributed by atoms with E-state index in [4.69, 9.17) is 9.47 Å². The highest BCUT2D eigenvalue weighted by atomic mass is 19.1. The molecule has 8 heteroatoms. The molecule has 0 unspecified atom stereocenters. The lowest BCUT2D eigenvalue weighted by Crippen LogP contribution is -2.45. The first-order valence-electron chi connectivity index (χ1n) is 10.4. The normalized spacial score (nSPS) is 24.0. The van der Waals surface area contributed by atoms with Gasteiger partial charge >= 0.3 is 0 Å². The smallest absolute Gasteiger partial charge is 0.241 e. The van der Waals surface area contributed by atoms with Gasteiger partial charge in [0, 0.05) is 45.2 Å². The van der Waals surface area contributed by atoms with Gasteiger partial charge in [-0.15, -0.1) is 0 Å². The Morgan fingerprint density at radius 3 is 2.77 bits per heavy atom. The largest absolute Gasteiger partial charge is 0.383 e. The van der Waals surface area contributed by atoms with Crippen LogP contribution in [0, 0.1) is 5.82 Å². The summed E-state index contributed by atoms with van der Waals surface area (Å²) in [5.74, 6) is -1.85. The molecule has 30 heavy (non-hydrogen) atoms. The minimum atomic E-state index is -1.54. The van der Waals surface area contributed by atoms with E-state index in [1.54, 1.807) is 11.0 Å². The summed E-state index contributed by atoms with van der Waals surface area (Å²) < 4.78 is 25.4.